The number of hydrogen-bond donors (Lipinski definition) is 2. The zero-order chi connectivity index (χ0) is 20.1. The third-order valence-corrected chi connectivity index (χ3v) is 7.46. The Morgan fingerprint density at radius 3 is 2.34 bits per heavy atom. The van der Waals surface area contributed by atoms with E-state index in [1.54, 1.807) is 0 Å². The molecular formula is C23H37N3O3. The van der Waals surface area contributed by atoms with Crippen molar-refractivity contribution in [3.63, 3.8) is 0 Å². The monoisotopic (exact) mass is 403 g/mol. The molecule has 4 rings (SSSR count). The molecule has 1 amide bonds. The van der Waals surface area contributed by atoms with Gasteiger partial charge in [-0.2, -0.15) is 0 Å². The Balaban J connectivity index is 1.31. The Hall–Kier alpha value is -1.40. The molecule has 1 aromatic heterocycles. The quantitative estimate of drug-likeness (QED) is 0.710. The first kappa shape index (κ1) is 20.9. The van der Waals surface area contributed by atoms with Crippen molar-refractivity contribution >= 4 is 5.91 Å². The van der Waals surface area contributed by atoms with Crippen LogP contribution in [-0.4, -0.2) is 46.6 Å². The van der Waals surface area contributed by atoms with Crippen molar-refractivity contribution < 1.29 is 14.3 Å². The van der Waals surface area contributed by atoms with Crippen LogP contribution in [0, 0.1) is 11.8 Å². The van der Waals surface area contributed by atoms with Gasteiger partial charge in [0, 0.05) is 31.6 Å². The Labute approximate surface area is 174 Å². The molecule has 1 aliphatic heterocycles. The van der Waals surface area contributed by atoms with Gasteiger partial charge in [-0.05, 0) is 44.4 Å². The van der Waals surface area contributed by atoms with E-state index in [9.17, 15) is 9.90 Å². The molecule has 2 N–H and O–H groups in total. The molecule has 162 valence electrons. The number of oxazole rings is 1. The molecule has 1 aromatic rings. The Morgan fingerprint density at radius 1 is 1.07 bits per heavy atom. The maximum atomic E-state index is 13.2. The van der Waals surface area contributed by atoms with E-state index >= 15 is 0 Å². The topological polar surface area (TPSA) is 78.6 Å². The van der Waals surface area contributed by atoms with Gasteiger partial charge in [-0.25, -0.2) is 4.98 Å². The molecule has 29 heavy (non-hydrogen) atoms. The third-order valence-electron chi connectivity index (χ3n) is 7.46. The van der Waals surface area contributed by atoms with E-state index in [2.05, 4.69) is 15.2 Å². The predicted octanol–water partition coefficient (Wildman–Crippen LogP) is 3.60. The maximum Gasteiger partial charge on any atom is 0.262 e. The summed E-state index contributed by atoms with van der Waals surface area (Å²) >= 11 is 0. The summed E-state index contributed by atoms with van der Waals surface area (Å²) in [5.74, 6) is 0.555. The first-order valence-corrected chi connectivity index (χ1v) is 11.8. The van der Waals surface area contributed by atoms with Crippen LogP contribution in [-0.2, 0) is 10.4 Å². The highest BCUT2D eigenvalue weighted by Crippen LogP contribution is 2.40. The highest BCUT2D eigenvalue weighted by molar-refractivity contribution is 5.85. The molecule has 1 atom stereocenters. The lowest BCUT2D eigenvalue weighted by molar-refractivity contribution is -0.152. The van der Waals surface area contributed by atoms with Crippen LogP contribution in [0.5, 0.6) is 0 Å². The van der Waals surface area contributed by atoms with Gasteiger partial charge in [0.15, 0.2) is 0 Å². The standard InChI is InChI=1S/C23H37N3O3/c27-21(23(28,19-9-5-6-10-19)22-24-13-16-29-22)25-20-11-14-26(15-12-20)17-18-7-3-1-2-4-8-18/h13,16,18-20,28H,1-12,14-15,17H2,(H,25,27). The Kier molecular flexibility index (Phi) is 6.91. The summed E-state index contributed by atoms with van der Waals surface area (Å²) in [7, 11) is 0. The molecule has 0 aromatic carbocycles. The van der Waals surface area contributed by atoms with Gasteiger partial charge in [0.1, 0.15) is 6.26 Å². The SMILES string of the molecule is O=C(NC1CCN(CC2CCCCCC2)CC1)C(O)(c1ncco1)C1CCCC1. The van der Waals surface area contributed by atoms with Crippen molar-refractivity contribution in [2.75, 3.05) is 19.6 Å². The van der Waals surface area contributed by atoms with Crippen molar-refractivity contribution in [3.05, 3.63) is 18.4 Å². The predicted molar refractivity (Wildman–Crippen MR) is 111 cm³/mol. The van der Waals surface area contributed by atoms with Crippen LogP contribution in [0.1, 0.15) is 82.9 Å². The molecule has 0 bridgehead atoms. The number of aromatic nitrogens is 1. The largest absolute Gasteiger partial charge is 0.445 e. The second kappa shape index (κ2) is 9.61. The Morgan fingerprint density at radius 2 is 1.72 bits per heavy atom. The van der Waals surface area contributed by atoms with Gasteiger partial charge in [-0.15, -0.1) is 0 Å². The number of piperidine rings is 1. The minimum absolute atomic E-state index is 0.114. The van der Waals surface area contributed by atoms with Crippen LogP contribution < -0.4 is 5.32 Å². The van der Waals surface area contributed by atoms with E-state index in [0.29, 0.717) is 0 Å². The lowest BCUT2D eigenvalue weighted by atomic mass is 9.84. The van der Waals surface area contributed by atoms with Gasteiger partial charge in [0.05, 0.1) is 6.20 Å². The molecule has 2 heterocycles. The van der Waals surface area contributed by atoms with Crippen LogP contribution in [0.15, 0.2) is 16.9 Å². The number of aliphatic hydroxyl groups is 1. The van der Waals surface area contributed by atoms with Crippen LogP contribution in [0.2, 0.25) is 0 Å². The van der Waals surface area contributed by atoms with Gasteiger partial charge in [-0.3, -0.25) is 4.79 Å². The van der Waals surface area contributed by atoms with Crippen molar-refractivity contribution in [1.82, 2.24) is 15.2 Å². The van der Waals surface area contributed by atoms with Crippen LogP contribution in [0.3, 0.4) is 0 Å². The second-order valence-electron chi connectivity index (χ2n) is 9.49. The molecule has 2 saturated carbocycles. The van der Waals surface area contributed by atoms with Gasteiger partial charge in [-0.1, -0.05) is 38.5 Å². The molecule has 3 fully saturated rings. The van der Waals surface area contributed by atoms with Crippen LogP contribution in [0.4, 0.5) is 0 Å². The minimum Gasteiger partial charge on any atom is -0.445 e. The fourth-order valence-corrected chi connectivity index (χ4v) is 5.68. The fraction of sp³-hybridized carbons (Fsp3) is 0.826. The van der Waals surface area contributed by atoms with Crippen LogP contribution >= 0.6 is 0 Å². The number of nitrogens with one attached hydrogen (secondary N) is 1. The fourth-order valence-electron chi connectivity index (χ4n) is 5.68. The Bertz CT molecular complexity index is 628. The second-order valence-corrected chi connectivity index (χ2v) is 9.49. The average molecular weight is 404 g/mol. The number of likely N-dealkylation sites (tertiary alicyclic amines) is 1. The number of carbonyl (C=O) groups excluding carboxylic acids is 1. The van der Waals surface area contributed by atoms with Crippen molar-refractivity contribution in [2.45, 2.75) is 88.7 Å². The average Bonchev–Trinajstić information content (AvgIpc) is 3.41. The summed E-state index contributed by atoms with van der Waals surface area (Å²) < 4.78 is 5.40. The van der Waals surface area contributed by atoms with E-state index < -0.39 is 5.60 Å². The first-order chi connectivity index (χ1) is 14.2. The summed E-state index contributed by atoms with van der Waals surface area (Å²) in [5.41, 5.74) is -1.64. The number of amides is 1. The van der Waals surface area contributed by atoms with E-state index in [4.69, 9.17) is 4.42 Å². The lowest BCUT2D eigenvalue weighted by Gasteiger charge is -2.36. The zero-order valence-corrected chi connectivity index (χ0v) is 17.7. The molecule has 1 saturated heterocycles. The minimum atomic E-state index is -1.64. The molecule has 2 aliphatic carbocycles. The van der Waals surface area contributed by atoms with Gasteiger partial charge in [0.25, 0.3) is 5.91 Å². The summed E-state index contributed by atoms with van der Waals surface area (Å²) in [5, 5.41) is 14.5. The highest BCUT2D eigenvalue weighted by atomic mass is 16.4. The molecule has 6 nitrogen and oxygen atoms in total. The molecule has 3 aliphatic rings. The normalized spacial score (nSPS) is 25.6. The molecule has 0 radical (unpaired) electrons. The van der Waals surface area contributed by atoms with E-state index in [0.717, 1.165) is 57.5 Å². The van der Waals surface area contributed by atoms with Gasteiger partial charge in [0.2, 0.25) is 11.5 Å². The molecule has 6 heteroatoms. The molecule has 1 unspecified atom stereocenters. The summed E-state index contributed by atoms with van der Waals surface area (Å²) in [6.07, 6.45) is 16.9. The summed E-state index contributed by atoms with van der Waals surface area (Å²) in [6, 6.07) is 0.121. The van der Waals surface area contributed by atoms with Crippen molar-refractivity contribution in [1.29, 1.82) is 0 Å². The summed E-state index contributed by atoms with van der Waals surface area (Å²) in [6.45, 7) is 3.27. The van der Waals surface area contributed by atoms with Crippen molar-refractivity contribution in [3.8, 4) is 0 Å². The molecule has 0 spiro atoms. The smallest absolute Gasteiger partial charge is 0.262 e. The van der Waals surface area contributed by atoms with Crippen molar-refractivity contribution in [2.24, 2.45) is 11.8 Å². The maximum absolute atomic E-state index is 13.2. The van der Waals surface area contributed by atoms with Crippen LogP contribution in [0.25, 0.3) is 0 Å². The summed E-state index contributed by atoms with van der Waals surface area (Å²) in [4.78, 5) is 19.9. The van der Waals surface area contributed by atoms with Gasteiger partial charge >= 0.3 is 0 Å². The number of hydrogen-bond acceptors (Lipinski definition) is 5. The van der Waals surface area contributed by atoms with E-state index in [-0.39, 0.29) is 23.8 Å². The number of nitrogens with zero attached hydrogens (tertiary/aromatic N) is 2. The molecular weight excluding hydrogens is 366 g/mol. The highest BCUT2D eigenvalue weighted by Gasteiger charge is 2.50. The number of rotatable bonds is 6. The van der Waals surface area contributed by atoms with Gasteiger partial charge < -0.3 is 19.7 Å². The van der Waals surface area contributed by atoms with E-state index in [1.807, 2.05) is 0 Å². The number of carbonyl (C=O) groups is 1. The third kappa shape index (κ3) is 4.85. The lowest BCUT2D eigenvalue weighted by Crippen LogP contribution is -2.54. The first-order valence-electron chi connectivity index (χ1n) is 11.8. The zero-order valence-electron chi connectivity index (χ0n) is 17.7. The van der Waals surface area contributed by atoms with E-state index in [1.165, 1.54) is 57.5 Å².